The van der Waals surface area contributed by atoms with Crippen LogP contribution in [0, 0.1) is 22.7 Å². The summed E-state index contributed by atoms with van der Waals surface area (Å²) in [6.07, 6.45) is 9.90. The third-order valence-corrected chi connectivity index (χ3v) is 6.26. The number of aliphatic hydroxyl groups excluding tert-OH is 2. The molecule has 0 fully saturated rings. The molecule has 0 aromatic carbocycles. The van der Waals surface area contributed by atoms with Crippen LogP contribution in [0.25, 0.3) is 0 Å². The van der Waals surface area contributed by atoms with E-state index in [4.69, 9.17) is 0 Å². The van der Waals surface area contributed by atoms with Gasteiger partial charge in [-0.2, -0.15) is 0 Å². The Morgan fingerprint density at radius 1 is 0.591 bits per heavy atom. The normalized spacial score (nSPS) is 17.7. The Balaban J connectivity index is 3.71. The summed E-state index contributed by atoms with van der Waals surface area (Å²) < 4.78 is 0. The quantitative estimate of drug-likeness (QED) is 0.446. The van der Waals surface area contributed by atoms with Gasteiger partial charge in [-0.3, -0.25) is 0 Å². The first-order valence-electron chi connectivity index (χ1n) is 9.43. The van der Waals surface area contributed by atoms with Crippen LogP contribution in [0.15, 0.2) is 0 Å². The molecule has 0 aliphatic rings. The second-order valence-electron chi connectivity index (χ2n) is 8.56. The monoisotopic (exact) mass is 314 g/mol. The molecule has 0 aliphatic heterocycles. The number of hydrogen-bond donors (Lipinski definition) is 2. The topological polar surface area (TPSA) is 40.5 Å². The summed E-state index contributed by atoms with van der Waals surface area (Å²) in [6, 6.07) is 0. The fourth-order valence-corrected chi connectivity index (χ4v) is 2.87. The zero-order chi connectivity index (χ0) is 17.2. The van der Waals surface area contributed by atoms with E-state index >= 15 is 0 Å². The first-order valence-corrected chi connectivity index (χ1v) is 9.43. The number of unbranched alkanes of at least 4 members (excludes halogenated alkanes) is 5. The molecular weight excluding hydrogens is 272 g/mol. The fraction of sp³-hybridized carbons (Fsp3) is 1.00. The van der Waals surface area contributed by atoms with E-state index in [1.807, 2.05) is 0 Å². The van der Waals surface area contributed by atoms with Crippen molar-refractivity contribution >= 4 is 0 Å². The molecule has 2 N–H and O–H groups in total. The summed E-state index contributed by atoms with van der Waals surface area (Å²) in [5.41, 5.74) is 0.195. The average Bonchev–Trinajstić information content (AvgIpc) is 2.48. The van der Waals surface area contributed by atoms with E-state index in [9.17, 15) is 10.2 Å². The third-order valence-electron chi connectivity index (χ3n) is 6.26. The van der Waals surface area contributed by atoms with Crippen LogP contribution in [0.1, 0.15) is 92.9 Å². The van der Waals surface area contributed by atoms with E-state index in [2.05, 4.69) is 41.5 Å². The van der Waals surface area contributed by atoms with Crippen LogP contribution in [0.4, 0.5) is 0 Å². The highest BCUT2D eigenvalue weighted by atomic mass is 16.3. The number of hydrogen-bond acceptors (Lipinski definition) is 2. The molecule has 0 aromatic rings. The minimum atomic E-state index is 0.0974. The van der Waals surface area contributed by atoms with E-state index < -0.39 is 0 Å². The van der Waals surface area contributed by atoms with Gasteiger partial charge in [0.25, 0.3) is 0 Å². The van der Waals surface area contributed by atoms with Gasteiger partial charge in [0, 0.05) is 13.2 Å². The van der Waals surface area contributed by atoms with Crippen molar-refractivity contribution in [1.82, 2.24) is 0 Å². The molecular formula is C20H42O2. The summed E-state index contributed by atoms with van der Waals surface area (Å²) in [5.74, 6) is 1.09. The van der Waals surface area contributed by atoms with Gasteiger partial charge in [-0.25, -0.2) is 0 Å². The van der Waals surface area contributed by atoms with Crippen LogP contribution in [0.3, 0.4) is 0 Å². The Morgan fingerprint density at radius 3 is 1.09 bits per heavy atom. The second-order valence-corrected chi connectivity index (χ2v) is 8.56. The SMILES string of the molecule is CC(C)C(C)(CO)CCCCCCCCC(C)(CO)C(C)C. The van der Waals surface area contributed by atoms with Gasteiger partial charge in [-0.1, -0.05) is 80.1 Å². The van der Waals surface area contributed by atoms with Gasteiger partial charge in [0.1, 0.15) is 0 Å². The predicted octanol–water partition coefficient (Wildman–Crippen LogP) is 5.42. The standard InChI is InChI=1S/C20H42O2/c1-17(2)19(5,15-21)13-11-9-7-8-10-12-14-20(6,16-22)18(3)4/h17-18,21-22H,7-16H2,1-6H3. The van der Waals surface area contributed by atoms with Crippen molar-refractivity contribution in [3.05, 3.63) is 0 Å². The zero-order valence-corrected chi connectivity index (χ0v) is 16.1. The maximum absolute atomic E-state index is 9.55. The van der Waals surface area contributed by atoms with Gasteiger partial charge in [-0.05, 0) is 35.5 Å². The average molecular weight is 315 g/mol. The molecule has 2 nitrogen and oxygen atoms in total. The molecule has 0 heterocycles. The van der Waals surface area contributed by atoms with Gasteiger partial charge >= 0.3 is 0 Å². The second kappa shape index (κ2) is 10.6. The smallest absolute Gasteiger partial charge is 0.0487 e. The maximum Gasteiger partial charge on any atom is 0.0487 e. The van der Waals surface area contributed by atoms with Crippen molar-refractivity contribution in [1.29, 1.82) is 0 Å². The molecule has 0 amide bonds. The number of rotatable bonds is 13. The molecule has 0 aromatic heterocycles. The Morgan fingerprint density at radius 2 is 0.864 bits per heavy atom. The Hall–Kier alpha value is -0.0800. The van der Waals surface area contributed by atoms with Crippen molar-refractivity contribution < 1.29 is 10.2 Å². The van der Waals surface area contributed by atoms with Crippen LogP contribution in [0.5, 0.6) is 0 Å². The largest absolute Gasteiger partial charge is 0.396 e. The van der Waals surface area contributed by atoms with Crippen LogP contribution >= 0.6 is 0 Å². The lowest BCUT2D eigenvalue weighted by Crippen LogP contribution is -2.27. The van der Waals surface area contributed by atoms with Crippen molar-refractivity contribution in [3.8, 4) is 0 Å². The minimum Gasteiger partial charge on any atom is -0.396 e. The fourth-order valence-electron chi connectivity index (χ4n) is 2.87. The van der Waals surface area contributed by atoms with E-state index in [1.54, 1.807) is 0 Å². The van der Waals surface area contributed by atoms with Gasteiger partial charge in [0.05, 0.1) is 0 Å². The van der Waals surface area contributed by atoms with Gasteiger partial charge < -0.3 is 10.2 Å². The van der Waals surface area contributed by atoms with E-state index in [1.165, 1.54) is 38.5 Å². The Kier molecular flexibility index (Phi) is 10.6. The molecule has 134 valence electrons. The van der Waals surface area contributed by atoms with Gasteiger partial charge in [-0.15, -0.1) is 0 Å². The van der Waals surface area contributed by atoms with E-state index in [0.29, 0.717) is 25.0 Å². The number of aliphatic hydroxyl groups is 2. The van der Waals surface area contributed by atoms with Crippen LogP contribution in [-0.4, -0.2) is 23.4 Å². The first-order chi connectivity index (χ1) is 10.2. The molecule has 22 heavy (non-hydrogen) atoms. The van der Waals surface area contributed by atoms with Gasteiger partial charge in [0.2, 0.25) is 0 Å². The third kappa shape index (κ3) is 7.46. The summed E-state index contributed by atoms with van der Waals surface area (Å²) in [7, 11) is 0. The van der Waals surface area contributed by atoms with Crippen molar-refractivity contribution in [3.63, 3.8) is 0 Å². The molecule has 2 unspecified atom stereocenters. The molecule has 0 rings (SSSR count). The summed E-state index contributed by atoms with van der Waals surface area (Å²) in [5, 5.41) is 19.1. The lowest BCUT2D eigenvalue weighted by molar-refractivity contribution is 0.0813. The summed E-state index contributed by atoms with van der Waals surface area (Å²) in [6.45, 7) is 13.9. The predicted molar refractivity (Wildman–Crippen MR) is 97.0 cm³/mol. The Bertz CT molecular complexity index is 247. The lowest BCUT2D eigenvalue weighted by Gasteiger charge is -2.32. The molecule has 0 spiro atoms. The highest BCUT2D eigenvalue weighted by molar-refractivity contribution is 4.77. The molecule has 2 atom stereocenters. The van der Waals surface area contributed by atoms with Crippen molar-refractivity contribution in [2.24, 2.45) is 22.7 Å². The molecule has 0 radical (unpaired) electrons. The summed E-state index contributed by atoms with van der Waals surface area (Å²) >= 11 is 0. The molecule has 0 saturated heterocycles. The highest BCUT2D eigenvalue weighted by Crippen LogP contribution is 2.33. The molecule has 0 bridgehead atoms. The van der Waals surface area contributed by atoms with Crippen LogP contribution in [-0.2, 0) is 0 Å². The molecule has 0 aliphatic carbocycles. The first kappa shape index (κ1) is 21.9. The lowest BCUT2D eigenvalue weighted by atomic mass is 9.75. The Labute approximate surface area is 139 Å². The maximum atomic E-state index is 9.55. The summed E-state index contributed by atoms with van der Waals surface area (Å²) in [4.78, 5) is 0. The minimum absolute atomic E-state index is 0.0974. The zero-order valence-electron chi connectivity index (χ0n) is 16.1. The van der Waals surface area contributed by atoms with Crippen molar-refractivity contribution in [2.45, 2.75) is 92.9 Å². The highest BCUT2D eigenvalue weighted by Gasteiger charge is 2.27. The van der Waals surface area contributed by atoms with Crippen LogP contribution < -0.4 is 0 Å². The van der Waals surface area contributed by atoms with Crippen LogP contribution in [0.2, 0.25) is 0 Å². The van der Waals surface area contributed by atoms with E-state index in [-0.39, 0.29) is 10.8 Å². The molecule has 0 saturated carbocycles. The van der Waals surface area contributed by atoms with Crippen molar-refractivity contribution in [2.75, 3.05) is 13.2 Å². The van der Waals surface area contributed by atoms with Gasteiger partial charge in [0.15, 0.2) is 0 Å². The molecule has 2 heteroatoms. The van der Waals surface area contributed by atoms with E-state index in [0.717, 1.165) is 12.8 Å².